The van der Waals surface area contributed by atoms with Crippen molar-refractivity contribution in [1.29, 1.82) is 0 Å². The molecule has 1 fully saturated rings. The Hall–Kier alpha value is -1.17. The van der Waals surface area contributed by atoms with Crippen LogP contribution in [0.4, 0.5) is 22.0 Å². The van der Waals surface area contributed by atoms with E-state index in [4.69, 9.17) is 0 Å². The van der Waals surface area contributed by atoms with Gasteiger partial charge in [-0.05, 0) is 24.5 Å². The Bertz CT molecular complexity index is 609. The fourth-order valence-electron chi connectivity index (χ4n) is 2.79. The quantitative estimate of drug-likeness (QED) is 0.288. The Kier molecular flexibility index (Phi) is 9.01. The fraction of sp³-hybridized carbons (Fsp3) is 0.562. The molecule has 0 bridgehead atoms. The molecule has 0 aromatic heterocycles. The number of likely N-dealkylation sites (tertiary alicyclic amines) is 1. The molecule has 1 aliphatic rings. The van der Waals surface area contributed by atoms with E-state index in [1.807, 2.05) is 0 Å². The number of benzene rings is 1. The zero-order valence-electron chi connectivity index (χ0n) is 14.2. The molecule has 1 atom stereocenters. The molecule has 1 aromatic carbocycles. The van der Waals surface area contributed by atoms with Gasteiger partial charge in [-0.15, -0.1) is 24.0 Å². The maximum absolute atomic E-state index is 13.6. The van der Waals surface area contributed by atoms with E-state index in [-0.39, 0.29) is 48.5 Å². The van der Waals surface area contributed by atoms with Gasteiger partial charge in [0.05, 0.1) is 6.54 Å². The molecule has 2 N–H and O–H groups in total. The van der Waals surface area contributed by atoms with E-state index in [1.165, 1.54) is 17.0 Å². The minimum Gasteiger partial charge on any atom is -0.356 e. The second-order valence-corrected chi connectivity index (χ2v) is 5.94. The van der Waals surface area contributed by atoms with Crippen molar-refractivity contribution in [3.63, 3.8) is 0 Å². The molecule has 0 aliphatic carbocycles. The van der Waals surface area contributed by atoms with Crippen molar-refractivity contribution in [3.8, 4) is 0 Å². The average Bonchev–Trinajstić information content (AvgIpc) is 2.95. The molecule has 1 aliphatic heterocycles. The second-order valence-electron chi connectivity index (χ2n) is 5.94. The van der Waals surface area contributed by atoms with Crippen LogP contribution in [0.3, 0.4) is 0 Å². The number of nitrogens with one attached hydrogen (secondary N) is 2. The molecular weight excluding hydrogens is 470 g/mol. The van der Waals surface area contributed by atoms with Gasteiger partial charge in [-0.25, -0.2) is 8.78 Å². The minimum atomic E-state index is -4.20. The van der Waals surface area contributed by atoms with Gasteiger partial charge in [-0.2, -0.15) is 13.2 Å². The van der Waals surface area contributed by atoms with Crippen LogP contribution >= 0.6 is 24.0 Å². The number of rotatable bonds is 5. The molecule has 0 saturated carbocycles. The van der Waals surface area contributed by atoms with Gasteiger partial charge < -0.3 is 10.6 Å². The number of hydrogen-bond donors (Lipinski definition) is 2. The Balaban J connectivity index is 0.00000338. The van der Waals surface area contributed by atoms with Gasteiger partial charge >= 0.3 is 6.18 Å². The number of halogens is 6. The Morgan fingerprint density at radius 3 is 2.69 bits per heavy atom. The smallest absolute Gasteiger partial charge is 0.356 e. The van der Waals surface area contributed by atoms with E-state index in [0.29, 0.717) is 25.5 Å². The molecule has 0 spiro atoms. The maximum Gasteiger partial charge on any atom is 0.401 e. The minimum absolute atomic E-state index is 0. The van der Waals surface area contributed by atoms with Crippen LogP contribution in [-0.4, -0.2) is 56.3 Å². The molecule has 1 saturated heterocycles. The summed E-state index contributed by atoms with van der Waals surface area (Å²) in [7, 11) is 1.54. The van der Waals surface area contributed by atoms with E-state index in [1.54, 1.807) is 7.05 Å². The van der Waals surface area contributed by atoms with Crippen molar-refractivity contribution in [2.24, 2.45) is 4.99 Å². The van der Waals surface area contributed by atoms with Crippen molar-refractivity contribution in [2.45, 2.75) is 25.1 Å². The van der Waals surface area contributed by atoms with E-state index in [9.17, 15) is 22.0 Å². The van der Waals surface area contributed by atoms with E-state index in [2.05, 4.69) is 15.6 Å². The maximum atomic E-state index is 13.6. The van der Waals surface area contributed by atoms with Gasteiger partial charge in [0.2, 0.25) is 0 Å². The third kappa shape index (κ3) is 7.22. The lowest BCUT2D eigenvalue weighted by Gasteiger charge is -2.19. The SMILES string of the molecule is CN=C(NCCc1cccc(F)c1F)NC1CCN(CC(F)(F)F)C1.I. The number of alkyl halides is 3. The normalized spacial score (nSPS) is 18.5. The van der Waals surface area contributed by atoms with Crippen molar-refractivity contribution >= 4 is 29.9 Å². The molecule has 1 unspecified atom stereocenters. The van der Waals surface area contributed by atoms with Gasteiger partial charge in [-0.1, -0.05) is 12.1 Å². The number of nitrogens with zero attached hydrogens (tertiary/aromatic N) is 2. The standard InChI is InChI=1S/C16H21F5N4.HI/c1-22-15(23-7-5-11-3-2-4-13(17)14(11)18)24-12-6-8-25(9-12)10-16(19,20)21;/h2-4,12H,5-10H2,1H3,(H2,22,23,24);1H. The first-order chi connectivity index (χ1) is 11.8. The van der Waals surface area contributed by atoms with Crippen molar-refractivity contribution in [1.82, 2.24) is 15.5 Å². The highest BCUT2D eigenvalue weighted by molar-refractivity contribution is 14.0. The topological polar surface area (TPSA) is 39.7 Å². The van der Waals surface area contributed by atoms with Crippen LogP contribution in [-0.2, 0) is 6.42 Å². The lowest BCUT2D eigenvalue weighted by Crippen LogP contribution is -2.45. The van der Waals surface area contributed by atoms with Gasteiger partial charge in [-0.3, -0.25) is 9.89 Å². The highest BCUT2D eigenvalue weighted by atomic mass is 127. The first-order valence-electron chi connectivity index (χ1n) is 7.97. The van der Waals surface area contributed by atoms with Gasteiger partial charge in [0.1, 0.15) is 0 Å². The Labute approximate surface area is 166 Å². The van der Waals surface area contributed by atoms with E-state index in [0.717, 1.165) is 6.07 Å². The largest absolute Gasteiger partial charge is 0.401 e. The first-order valence-corrected chi connectivity index (χ1v) is 7.97. The summed E-state index contributed by atoms with van der Waals surface area (Å²) in [4.78, 5) is 5.35. The summed E-state index contributed by atoms with van der Waals surface area (Å²) in [5.41, 5.74) is 0.250. The van der Waals surface area contributed by atoms with Crippen LogP contribution in [0.15, 0.2) is 23.2 Å². The molecule has 1 aromatic rings. The van der Waals surface area contributed by atoms with Crippen molar-refractivity contribution in [2.75, 3.05) is 33.2 Å². The van der Waals surface area contributed by atoms with E-state index >= 15 is 0 Å². The summed E-state index contributed by atoms with van der Waals surface area (Å²) in [6, 6.07) is 3.86. The monoisotopic (exact) mass is 492 g/mol. The summed E-state index contributed by atoms with van der Waals surface area (Å²) in [6.45, 7) is 0.0382. The number of aliphatic imine (C=N–C) groups is 1. The molecule has 148 valence electrons. The summed E-state index contributed by atoms with van der Waals surface area (Å²) in [5, 5.41) is 6.02. The van der Waals surface area contributed by atoms with Crippen LogP contribution in [0.1, 0.15) is 12.0 Å². The molecule has 26 heavy (non-hydrogen) atoms. The van der Waals surface area contributed by atoms with Crippen LogP contribution in [0.25, 0.3) is 0 Å². The summed E-state index contributed by atoms with van der Waals surface area (Å²) in [5.74, 6) is -1.34. The van der Waals surface area contributed by atoms with Crippen molar-refractivity contribution in [3.05, 3.63) is 35.4 Å². The molecule has 0 radical (unpaired) electrons. The second kappa shape index (κ2) is 10.2. The molecule has 4 nitrogen and oxygen atoms in total. The number of hydrogen-bond acceptors (Lipinski definition) is 2. The highest BCUT2D eigenvalue weighted by Crippen LogP contribution is 2.19. The Morgan fingerprint density at radius 1 is 1.31 bits per heavy atom. The highest BCUT2D eigenvalue weighted by Gasteiger charge is 2.34. The van der Waals surface area contributed by atoms with E-state index < -0.39 is 24.4 Å². The van der Waals surface area contributed by atoms with Crippen LogP contribution in [0, 0.1) is 11.6 Å². The first kappa shape index (κ1) is 22.9. The molecule has 1 heterocycles. The number of guanidine groups is 1. The molecule has 0 amide bonds. The third-order valence-corrected chi connectivity index (χ3v) is 3.96. The zero-order chi connectivity index (χ0) is 18.4. The lowest BCUT2D eigenvalue weighted by molar-refractivity contribution is -0.143. The van der Waals surface area contributed by atoms with Crippen LogP contribution in [0.5, 0.6) is 0 Å². The average molecular weight is 492 g/mol. The van der Waals surface area contributed by atoms with Crippen molar-refractivity contribution < 1.29 is 22.0 Å². The predicted octanol–water partition coefficient (Wildman–Crippen LogP) is 2.93. The van der Waals surface area contributed by atoms with Gasteiger partial charge in [0.15, 0.2) is 17.6 Å². The molecular formula is C16H22F5IN4. The fourth-order valence-corrected chi connectivity index (χ4v) is 2.79. The predicted molar refractivity (Wildman–Crippen MR) is 101 cm³/mol. The van der Waals surface area contributed by atoms with Gasteiger partial charge in [0, 0.05) is 32.7 Å². The summed E-state index contributed by atoms with van der Waals surface area (Å²) >= 11 is 0. The third-order valence-electron chi connectivity index (χ3n) is 3.96. The molecule has 2 rings (SSSR count). The summed E-state index contributed by atoms with van der Waals surface area (Å²) < 4.78 is 63.9. The van der Waals surface area contributed by atoms with Crippen LogP contribution < -0.4 is 10.6 Å². The zero-order valence-corrected chi connectivity index (χ0v) is 16.6. The summed E-state index contributed by atoms with van der Waals surface area (Å²) in [6.07, 6.45) is -3.37. The van der Waals surface area contributed by atoms with Gasteiger partial charge in [0.25, 0.3) is 0 Å². The lowest BCUT2D eigenvalue weighted by atomic mass is 10.1. The Morgan fingerprint density at radius 2 is 2.04 bits per heavy atom. The van der Waals surface area contributed by atoms with Crippen LogP contribution in [0.2, 0.25) is 0 Å². The molecule has 10 heteroatoms.